The predicted octanol–water partition coefficient (Wildman–Crippen LogP) is 1.25. The number of likely N-dealkylation sites (N-methyl/N-ethyl adjacent to an activating group) is 1. The number of nitrogens with zero attached hydrogens (tertiary/aromatic N) is 3. The molecule has 3 atom stereocenters. The smallest absolute Gasteiger partial charge is 0.0735 e. The van der Waals surface area contributed by atoms with Crippen LogP contribution in [-0.4, -0.2) is 61.4 Å². The van der Waals surface area contributed by atoms with Crippen molar-refractivity contribution in [2.45, 2.75) is 38.0 Å². The van der Waals surface area contributed by atoms with Crippen molar-refractivity contribution < 1.29 is 5.11 Å². The zero-order valence-electron chi connectivity index (χ0n) is 13.6. The van der Waals surface area contributed by atoms with E-state index in [0.29, 0.717) is 18.6 Å². The van der Waals surface area contributed by atoms with Crippen molar-refractivity contribution in [2.24, 2.45) is 0 Å². The molecule has 118 valence electrons. The van der Waals surface area contributed by atoms with Gasteiger partial charge < -0.3 is 20.2 Å². The van der Waals surface area contributed by atoms with Gasteiger partial charge in [0.05, 0.1) is 23.7 Å². The summed E-state index contributed by atoms with van der Waals surface area (Å²) in [5.74, 6) is 0. The highest BCUT2D eigenvalue weighted by atomic mass is 16.3. The lowest BCUT2D eigenvalue weighted by molar-refractivity contribution is 0.191. The van der Waals surface area contributed by atoms with Crippen molar-refractivity contribution in [2.75, 3.05) is 39.1 Å². The van der Waals surface area contributed by atoms with Crippen LogP contribution in [0.25, 0.3) is 0 Å². The van der Waals surface area contributed by atoms with Crippen molar-refractivity contribution in [3.05, 3.63) is 24.0 Å². The molecule has 1 fully saturated rings. The lowest BCUT2D eigenvalue weighted by Gasteiger charge is -2.28. The van der Waals surface area contributed by atoms with Crippen LogP contribution in [0.1, 0.15) is 31.5 Å². The number of pyridine rings is 1. The Bertz CT molecular complexity index is 430. The summed E-state index contributed by atoms with van der Waals surface area (Å²) in [5.41, 5.74) is 2.18. The molecule has 5 nitrogen and oxygen atoms in total. The Hall–Kier alpha value is -1.17. The lowest BCUT2D eigenvalue weighted by atomic mass is 10.1. The number of aliphatic hydroxyl groups excluding tert-OH is 1. The van der Waals surface area contributed by atoms with Crippen LogP contribution < -0.4 is 10.2 Å². The molecule has 0 amide bonds. The van der Waals surface area contributed by atoms with Crippen LogP contribution in [-0.2, 0) is 0 Å². The molecule has 2 rings (SSSR count). The third-order valence-corrected chi connectivity index (χ3v) is 4.18. The van der Waals surface area contributed by atoms with Crippen molar-refractivity contribution in [1.29, 1.82) is 0 Å². The van der Waals surface area contributed by atoms with Crippen LogP contribution in [0.15, 0.2) is 18.3 Å². The lowest BCUT2D eigenvalue weighted by Crippen LogP contribution is -2.37. The van der Waals surface area contributed by atoms with E-state index in [1.165, 1.54) is 0 Å². The highest BCUT2D eigenvalue weighted by Gasteiger charge is 2.31. The first-order valence-corrected chi connectivity index (χ1v) is 7.77. The Morgan fingerprint density at radius 1 is 1.48 bits per heavy atom. The molecule has 0 aliphatic carbocycles. The number of anilines is 1. The molecule has 3 unspecified atom stereocenters. The van der Waals surface area contributed by atoms with Crippen LogP contribution in [0.4, 0.5) is 5.69 Å². The SMILES string of the molecule is CCC(NC)c1ccc(N2CC(O)CC2CN(C)C)cn1. The van der Waals surface area contributed by atoms with Gasteiger partial charge in [-0.2, -0.15) is 0 Å². The van der Waals surface area contributed by atoms with Crippen LogP contribution in [0.2, 0.25) is 0 Å². The molecule has 2 heterocycles. The van der Waals surface area contributed by atoms with E-state index < -0.39 is 0 Å². The zero-order valence-corrected chi connectivity index (χ0v) is 13.6. The third kappa shape index (κ3) is 3.93. The summed E-state index contributed by atoms with van der Waals surface area (Å²) in [4.78, 5) is 9.06. The Morgan fingerprint density at radius 3 is 2.76 bits per heavy atom. The predicted molar refractivity (Wildman–Crippen MR) is 86.6 cm³/mol. The number of nitrogens with one attached hydrogen (secondary N) is 1. The van der Waals surface area contributed by atoms with E-state index in [2.05, 4.69) is 53.3 Å². The molecule has 0 radical (unpaired) electrons. The molecular weight excluding hydrogens is 264 g/mol. The number of aliphatic hydroxyl groups is 1. The summed E-state index contributed by atoms with van der Waals surface area (Å²) in [6, 6.07) is 4.88. The highest BCUT2D eigenvalue weighted by Crippen LogP contribution is 2.26. The average Bonchev–Trinajstić information content (AvgIpc) is 2.81. The molecule has 1 aliphatic rings. The minimum atomic E-state index is -0.240. The fourth-order valence-corrected chi connectivity index (χ4v) is 3.14. The van der Waals surface area contributed by atoms with E-state index >= 15 is 0 Å². The summed E-state index contributed by atoms with van der Waals surface area (Å²) in [5, 5.41) is 13.2. The van der Waals surface area contributed by atoms with E-state index in [1.54, 1.807) is 0 Å². The van der Waals surface area contributed by atoms with Gasteiger partial charge in [-0.3, -0.25) is 4.98 Å². The first kappa shape index (κ1) is 16.2. The molecule has 1 aromatic heterocycles. The van der Waals surface area contributed by atoms with Gasteiger partial charge in [-0.25, -0.2) is 0 Å². The Balaban J connectivity index is 2.13. The van der Waals surface area contributed by atoms with Crippen molar-refractivity contribution in [1.82, 2.24) is 15.2 Å². The normalized spacial score (nSPS) is 23.8. The monoisotopic (exact) mass is 292 g/mol. The quantitative estimate of drug-likeness (QED) is 0.826. The number of rotatable bonds is 6. The second-order valence-corrected chi connectivity index (χ2v) is 6.15. The maximum absolute atomic E-state index is 9.97. The van der Waals surface area contributed by atoms with Crippen LogP contribution >= 0.6 is 0 Å². The topological polar surface area (TPSA) is 51.6 Å². The second-order valence-electron chi connectivity index (χ2n) is 6.15. The fourth-order valence-electron chi connectivity index (χ4n) is 3.14. The molecule has 2 N–H and O–H groups in total. The second kappa shape index (κ2) is 7.20. The first-order chi connectivity index (χ1) is 10.0. The maximum Gasteiger partial charge on any atom is 0.0735 e. The van der Waals surface area contributed by atoms with E-state index in [0.717, 1.165) is 30.8 Å². The number of hydrogen-bond acceptors (Lipinski definition) is 5. The number of β-amino-alcohol motifs (C(OH)–C–C–N with tert-alkyl or cyclic N) is 1. The molecule has 1 aliphatic heterocycles. The fraction of sp³-hybridized carbons (Fsp3) is 0.688. The minimum absolute atomic E-state index is 0.240. The average molecular weight is 292 g/mol. The molecule has 0 spiro atoms. The van der Waals surface area contributed by atoms with Gasteiger partial charge >= 0.3 is 0 Å². The molecule has 1 aromatic rings. The van der Waals surface area contributed by atoms with Gasteiger partial charge in [0.25, 0.3) is 0 Å². The van der Waals surface area contributed by atoms with Gasteiger partial charge in [0.1, 0.15) is 0 Å². The molecule has 0 aromatic carbocycles. The van der Waals surface area contributed by atoms with Crippen LogP contribution in [0.5, 0.6) is 0 Å². The largest absolute Gasteiger partial charge is 0.391 e. The van der Waals surface area contributed by atoms with E-state index in [9.17, 15) is 5.11 Å². The van der Waals surface area contributed by atoms with Crippen LogP contribution in [0, 0.1) is 0 Å². The van der Waals surface area contributed by atoms with Crippen molar-refractivity contribution >= 4 is 5.69 Å². The number of hydrogen-bond donors (Lipinski definition) is 2. The Labute approximate surface area is 128 Å². The highest BCUT2D eigenvalue weighted by molar-refractivity contribution is 5.47. The summed E-state index contributed by atoms with van der Waals surface area (Å²) < 4.78 is 0. The van der Waals surface area contributed by atoms with E-state index in [4.69, 9.17) is 0 Å². The summed E-state index contributed by atoms with van der Waals surface area (Å²) in [7, 11) is 6.11. The van der Waals surface area contributed by atoms with Gasteiger partial charge in [0.15, 0.2) is 0 Å². The maximum atomic E-state index is 9.97. The zero-order chi connectivity index (χ0) is 15.4. The van der Waals surface area contributed by atoms with Gasteiger partial charge in [-0.05, 0) is 46.1 Å². The molecule has 5 heteroatoms. The van der Waals surface area contributed by atoms with Crippen molar-refractivity contribution in [3.63, 3.8) is 0 Å². The first-order valence-electron chi connectivity index (χ1n) is 7.77. The van der Waals surface area contributed by atoms with Gasteiger partial charge in [0, 0.05) is 25.2 Å². The van der Waals surface area contributed by atoms with Gasteiger partial charge in [-0.1, -0.05) is 6.92 Å². The van der Waals surface area contributed by atoms with Gasteiger partial charge in [-0.15, -0.1) is 0 Å². The van der Waals surface area contributed by atoms with Crippen LogP contribution in [0.3, 0.4) is 0 Å². The Kier molecular flexibility index (Phi) is 5.56. The van der Waals surface area contributed by atoms with Crippen molar-refractivity contribution in [3.8, 4) is 0 Å². The summed E-state index contributed by atoms with van der Waals surface area (Å²) in [6.07, 6.45) is 3.55. The molecule has 0 saturated carbocycles. The molecule has 1 saturated heterocycles. The van der Waals surface area contributed by atoms with Gasteiger partial charge in [0.2, 0.25) is 0 Å². The van der Waals surface area contributed by atoms with E-state index in [1.807, 2.05) is 13.2 Å². The molecular formula is C16H28N4O. The minimum Gasteiger partial charge on any atom is -0.391 e. The molecule has 0 bridgehead atoms. The van der Waals surface area contributed by atoms with E-state index in [-0.39, 0.29) is 6.10 Å². The molecule has 21 heavy (non-hydrogen) atoms. The third-order valence-electron chi connectivity index (χ3n) is 4.18. The summed E-state index contributed by atoms with van der Waals surface area (Å²) >= 11 is 0. The Morgan fingerprint density at radius 2 is 2.24 bits per heavy atom. The number of aromatic nitrogens is 1. The standard InChI is InChI=1S/C16H28N4O/c1-5-15(17-2)16-7-6-12(9-18-16)20-11-14(21)8-13(20)10-19(3)4/h6-7,9,13-15,17,21H,5,8,10-11H2,1-4H3. The summed E-state index contributed by atoms with van der Waals surface area (Å²) in [6.45, 7) is 3.80.